The maximum atomic E-state index is 12.9. The number of imidazole rings is 1. The van der Waals surface area contributed by atoms with Gasteiger partial charge in [0.15, 0.2) is 5.65 Å². The fraction of sp³-hybridized carbons (Fsp3) is 0.0667. The van der Waals surface area contributed by atoms with Crippen molar-refractivity contribution in [1.82, 2.24) is 24.7 Å². The molecule has 0 amide bonds. The molecular formula is C15H10FN5O. The summed E-state index contributed by atoms with van der Waals surface area (Å²) in [5, 5.41) is 8.97. The van der Waals surface area contributed by atoms with Crippen LogP contribution in [0.4, 0.5) is 4.39 Å². The van der Waals surface area contributed by atoms with E-state index in [0.29, 0.717) is 16.7 Å². The highest BCUT2D eigenvalue weighted by atomic mass is 19.1. The first-order valence-corrected chi connectivity index (χ1v) is 6.60. The summed E-state index contributed by atoms with van der Waals surface area (Å²) in [7, 11) is 1.63. The highest BCUT2D eigenvalue weighted by Crippen LogP contribution is 2.26. The van der Waals surface area contributed by atoms with Crippen molar-refractivity contribution in [2.45, 2.75) is 0 Å². The molecule has 0 bridgehead atoms. The fourth-order valence-corrected chi connectivity index (χ4v) is 2.47. The number of nitrogens with zero attached hydrogens (tertiary/aromatic N) is 4. The van der Waals surface area contributed by atoms with Gasteiger partial charge in [-0.3, -0.25) is 4.57 Å². The van der Waals surface area contributed by atoms with Crippen LogP contribution >= 0.6 is 0 Å². The average Bonchev–Trinajstić information content (AvgIpc) is 2.83. The maximum Gasteiger partial charge on any atom is 0.327 e. The number of benzene rings is 1. The van der Waals surface area contributed by atoms with Crippen LogP contribution in [-0.2, 0) is 7.05 Å². The van der Waals surface area contributed by atoms with E-state index < -0.39 is 5.95 Å². The molecule has 0 aliphatic heterocycles. The molecule has 0 aliphatic rings. The molecule has 0 fully saturated rings. The number of hydrogen-bond acceptors (Lipinski definition) is 4. The minimum atomic E-state index is -0.523. The van der Waals surface area contributed by atoms with Crippen LogP contribution in [0.3, 0.4) is 0 Å². The van der Waals surface area contributed by atoms with Crippen LogP contribution < -0.4 is 5.69 Å². The molecule has 7 heteroatoms. The van der Waals surface area contributed by atoms with Gasteiger partial charge in [-0.25, -0.2) is 9.78 Å². The van der Waals surface area contributed by atoms with Gasteiger partial charge in [0, 0.05) is 24.2 Å². The van der Waals surface area contributed by atoms with Gasteiger partial charge in [0.1, 0.15) is 0 Å². The molecule has 108 valence electrons. The number of aryl methyl sites for hydroxylation is 1. The number of nitrogens with one attached hydrogen (secondary N) is 1. The monoisotopic (exact) mass is 295 g/mol. The van der Waals surface area contributed by atoms with Gasteiger partial charge in [0.25, 0.3) is 0 Å². The average molecular weight is 295 g/mol. The number of pyridine rings is 1. The molecule has 0 radical (unpaired) electrons. The molecule has 4 rings (SSSR count). The molecule has 0 aliphatic carbocycles. The molecule has 4 aromatic rings. The second kappa shape index (κ2) is 4.45. The number of hydrogen-bond donors (Lipinski definition) is 1. The normalized spacial score (nSPS) is 11.4. The summed E-state index contributed by atoms with van der Waals surface area (Å²) < 4.78 is 14.3. The summed E-state index contributed by atoms with van der Waals surface area (Å²) in [6, 6.07) is 8.52. The van der Waals surface area contributed by atoms with Crippen LogP contribution in [0.25, 0.3) is 33.2 Å². The van der Waals surface area contributed by atoms with Gasteiger partial charge in [-0.05, 0) is 29.8 Å². The van der Waals surface area contributed by atoms with E-state index in [1.165, 1.54) is 16.8 Å². The van der Waals surface area contributed by atoms with E-state index in [2.05, 4.69) is 20.2 Å². The summed E-state index contributed by atoms with van der Waals surface area (Å²) in [5.74, 6) is -0.523. The maximum absolute atomic E-state index is 12.9. The number of fused-ring (bicyclic) bond motifs is 3. The Kier molecular flexibility index (Phi) is 2.56. The van der Waals surface area contributed by atoms with Crippen molar-refractivity contribution < 1.29 is 4.39 Å². The van der Waals surface area contributed by atoms with Crippen molar-refractivity contribution in [3.63, 3.8) is 0 Å². The van der Waals surface area contributed by atoms with Crippen molar-refractivity contribution in [1.29, 1.82) is 0 Å². The number of rotatable bonds is 1. The molecule has 0 saturated heterocycles. The zero-order valence-electron chi connectivity index (χ0n) is 11.5. The zero-order chi connectivity index (χ0) is 15.3. The lowest BCUT2D eigenvalue weighted by molar-refractivity contribution is 0.584. The lowest BCUT2D eigenvalue weighted by Gasteiger charge is -2.04. The second-order valence-corrected chi connectivity index (χ2v) is 4.99. The number of halogens is 1. The van der Waals surface area contributed by atoms with Crippen molar-refractivity contribution in [2.24, 2.45) is 7.05 Å². The van der Waals surface area contributed by atoms with Gasteiger partial charge >= 0.3 is 5.69 Å². The van der Waals surface area contributed by atoms with Crippen LogP contribution in [0.5, 0.6) is 0 Å². The third-order valence-electron chi connectivity index (χ3n) is 3.66. The Morgan fingerprint density at radius 3 is 2.73 bits per heavy atom. The van der Waals surface area contributed by atoms with Crippen LogP contribution in [0.2, 0.25) is 0 Å². The topological polar surface area (TPSA) is 76.5 Å². The molecule has 0 saturated carbocycles. The smallest absolute Gasteiger partial charge is 0.303 e. The molecule has 6 nitrogen and oxygen atoms in total. The van der Waals surface area contributed by atoms with Crippen LogP contribution in [0, 0.1) is 5.95 Å². The van der Waals surface area contributed by atoms with E-state index in [9.17, 15) is 9.18 Å². The van der Waals surface area contributed by atoms with Crippen molar-refractivity contribution in [2.75, 3.05) is 0 Å². The van der Waals surface area contributed by atoms with E-state index in [1.807, 2.05) is 18.2 Å². The Balaban J connectivity index is 2.03. The van der Waals surface area contributed by atoms with Gasteiger partial charge in [-0.2, -0.15) is 4.39 Å². The summed E-state index contributed by atoms with van der Waals surface area (Å²) in [5.41, 5.74) is 3.20. The predicted octanol–water partition coefficient (Wildman–Crippen LogP) is 2.01. The van der Waals surface area contributed by atoms with Gasteiger partial charge < -0.3 is 4.98 Å². The highest BCUT2D eigenvalue weighted by Gasteiger charge is 2.11. The molecule has 22 heavy (non-hydrogen) atoms. The first-order chi connectivity index (χ1) is 10.6. The summed E-state index contributed by atoms with van der Waals surface area (Å²) in [6.07, 6.45) is 1.47. The lowest BCUT2D eigenvalue weighted by Crippen LogP contribution is -2.12. The molecule has 1 N–H and O–H groups in total. The second-order valence-electron chi connectivity index (χ2n) is 4.99. The third kappa shape index (κ3) is 1.79. The molecule has 1 aromatic carbocycles. The number of aromatic amines is 1. The molecule has 0 spiro atoms. The van der Waals surface area contributed by atoms with E-state index in [0.717, 1.165) is 16.5 Å². The Hall–Kier alpha value is -3.09. The first kappa shape index (κ1) is 12.6. The largest absolute Gasteiger partial charge is 0.327 e. The molecular weight excluding hydrogens is 285 g/mol. The molecule has 0 atom stereocenters. The minimum Gasteiger partial charge on any atom is -0.303 e. The van der Waals surface area contributed by atoms with Crippen molar-refractivity contribution >= 4 is 22.1 Å². The molecule has 3 aromatic heterocycles. The standard InChI is InChI=1S/C15H10FN5O/c1-21-14-13(18-15(21)22)10-6-8(2-4-11(10)19-20-14)9-3-5-12(16)17-7-9/h2-7H,1H3,(H,18,22). The molecule has 0 unspecified atom stereocenters. The Morgan fingerprint density at radius 2 is 1.95 bits per heavy atom. The zero-order valence-corrected chi connectivity index (χ0v) is 11.5. The number of H-pyrrole nitrogens is 1. The predicted molar refractivity (Wildman–Crippen MR) is 79.8 cm³/mol. The highest BCUT2D eigenvalue weighted by molar-refractivity contribution is 6.01. The Morgan fingerprint density at radius 1 is 1.14 bits per heavy atom. The summed E-state index contributed by atoms with van der Waals surface area (Å²) in [6.45, 7) is 0. The SMILES string of the molecule is Cn1c(=O)[nH]c2c3cc(-c4ccc(F)nc4)ccc3nnc21. The Bertz CT molecular complexity index is 1070. The van der Waals surface area contributed by atoms with Gasteiger partial charge in [0.05, 0.1) is 11.0 Å². The van der Waals surface area contributed by atoms with Gasteiger partial charge in [0.2, 0.25) is 5.95 Å². The minimum absolute atomic E-state index is 0.245. The van der Waals surface area contributed by atoms with Crippen LogP contribution in [-0.4, -0.2) is 24.7 Å². The van der Waals surface area contributed by atoms with Crippen LogP contribution in [0.1, 0.15) is 0 Å². The fourth-order valence-electron chi connectivity index (χ4n) is 2.47. The number of aromatic nitrogens is 5. The van der Waals surface area contributed by atoms with Gasteiger partial charge in [-0.1, -0.05) is 6.07 Å². The first-order valence-electron chi connectivity index (χ1n) is 6.60. The summed E-state index contributed by atoms with van der Waals surface area (Å²) >= 11 is 0. The Labute approximate surface area is 123 Å². The van der Waals surface area contributed by atoms with E-state index >= 15 is 0 Å². The lowest BCUT2D eigenvalue weighted by atomic mass is 10.0. The van der Waals surface area contributed by atoms with Gasteiger partial charge in [-0.15, -0.1) is 10.2 Å². The molecule has 3 heterocycles. The van der Waals surface area contributed by atoms with Crippen molar-refractivity contribution in [3.05, 3.63) is 53.0 Å². The van der Waals surface area contributed by atoms with Crippen molar-refractivity contribution in [3.8, 4) is 11.1 Å². The van der Waals surface area contributed by atoms with Crippen LogP contribution in [0.15, 0.2) is 41.3 Å². The summed E-state index contributed by atoms with van der Waals surface area (Å²) in [4.78, 5) is 18.2. The van der Waals surface area contributed by atoms with E-state index in [4.69, 9.17) is 0 Å². The third-order valence-corrected chi connectivity index (χ3v) is 3.66. The van der Waals surface area contributed by atoms with E-state index in [1.54, 1.807) is 13.1 Å². The quantitative estimate of drug-likeness (QED) is 0.545. The van der Waals surface area contributed by atoms with E-state index in [-0.39, 0.29) is 5.69 Å².